The fourth-order valence-electron chi connectivity index (χ4n) is 1.58. The minimum Gasteiger partial charge on any atom is -0.281 e. The van der Waals surface area contributed by atoms with E-state index in [0.717, 1.165) is 31.9 Å². The quantitative estimate of drug-likeness (QED) is 0.623. The van der Waals surface area contributed by atoms with Crippen molar-refractivity contribution in [3.63, 3.8) is 0 Å². The highest BCUT2D eigenvalue weighted by atomic mass is 31.2. The summed E-state index contributed by atoms with van der Waals surface area (Å²) in [5.74, 6) is 0.460. The van der Waals surface area contributed by atoms with Crippen molar-refractivity contribution in [2.75, 3.05) is 31.3 Å². The summed E-state index contributed by atoms with van der Waals surface area (Å²) in [4.78, 5) is 8.33. The average Bonchev–Trinajstić information content (AvgIpc) is 3.10. The van der Waals surface area contributed by atoms with Gasteiger partial charge in [0.2, 0.25) is 5.95 Å². The van der Waals surface area contributed by atoms with Crippen molar-refractivity contribution in [2.45, 2.75) is 6.92 Å². The van der Waals surface area contributed by atoms with Gasteiger partial charge in [-0.15, -0.1) is 0 Å². The molecule has 1 N–H and O–H groups in total. The Bertz CT molecular complexity index is 441. The van der Waals surface area contributed by atoms with Crippen molar-refractivity contribution in [2.24, 2.45) is 0 Å². The lowest BCUT2D eigenvalue weighted by Gasteiger charge is -2.20. The third-order valence-corrected chi connectivity index (χ3v) is 5.48. The molecule has 2 aliphatic rings. The molecule has 3 rings (SSSR count). The van der Waals surface area contributed by atoms with Crippen LogP contribution in [0.3, 0.4) is 0 Å². The summed E-state index contributed by atoms with van der Waals surface area (Å²) >= 11 is 0. The average molecular weight is 239 g/mol. The van der Waals surface area contributed by atoms with Crippen molar-refractivity contribution in [3.8, 4) is 0 Å². The van der Waals surface area contributed by atoms with Gasteiger partial charge in [-0.25, -0.2) is 19.3 Å². The number of hydrogen-bond donors (Lipinski definition) is 1. The molecule has 3 heterocycles. The maximum atomic E-state index is 12.7. The van der Waals surface area contributed by atoms with Gasteiger partial charge in [-0.05, 0) is 13.0 Å². The molecule has 2 saturated heterocycles. The molecular formula is C9H14N5OP. The molecule has 2 aliphatic heterocycles. The summed E-state index contributed by atoms with van der Waals surface area (Å²) < 4.78 is 16.6. The Morgan fingerprint density at radius 1 is 1.31 bits per heavy atom. The Balaban J connectivity index is 1.84. The minimum atomic E-state index is -2.59. The lowest BCUT2D eigenvalue weighted by molar-refractivity contribution is 0.523. The number of nitrogens with one attached hydrogen (secondary N) is 1. The van der Waals surface area contributed by atoms with Crippen LogP contribution in [0.5, 0.6) is 0 Å². The van der Waals surface area contributed by atoms with E-state index in [1.807, 2.05) is 22.3 Å². The normalized spacial score (nSPS) is 20.8. The summed E-state index contributed by atoms with van der Waals surface area (Å²) in [6.07, 6.45) is 1.68. The molecule has 7 heteroatoms. The lowest BCUT2D eigenvalue weighted by Crippen LogP contribution is -2.14. The molecule has 0 radical (unpaired) electrons. The summed E-state index contributed by atoms with van der Waals surface area (Å²) in [6.45, 7) is 5.48. The second-order valence-corrected chi connectivity index (χ2v) is 6.53. The standard InChI is InChI=1S/C9H14N5OP/c1-8-2-3-10-9(11-8)12-16(15,13-4-5-13)14-6-7-14/h2-3H,4-7H2,1H3,(H,10,11,12,15). The molecular weight excluding hydrogens is 225 g/mol. The fourth-order valence-corrected chi connectivity index (χ4v) is 3.86. The van der Waals surface area contributed by atoms with Crippen LogP contribution in [0.15, 0.2) is 12.3 Å². The second kappa shape index (κ2) is 3.52. The monoisotopic (exact) mass is 239 g/mol. The molecule has 16 heavy (non-hydrogen) atoms. The van der Waals surface area contributed by atoms with E-state index in [2.05, 4.69) is 15.1 Å². The molecule has 6 nitrogen and oxygen atoms in total. The van der Waals surface area contributed by atoms with E-state index >= 15 is 0 Å². The van der Waals surface area contributed by atoms with Gasteiger partial charge in [-0.2, -0.15) is 0 Å². The molecule has 2 fully saturated rings. The van der Waals surface area contributed by atoms with Crippen molar-refractivity contribution < 1.29 is 4.57 Å². The third kappa shape index (κ3) is 1.84. The molecule has 0 bridgehead atoms. The van der Waals surface area contributed by atoms with E-state index in [1.54, 1.807) is 6.20 Å². The van der Waals surface area contributed by atoms with Crippen molar-refractivity contribution in [1.29, 1.82) is 0 Å². The first kappa shape index (κ1) is 10.2. The van der Waals surface area contributed by atoms with Crippen LogP contribution in [0.2, 0.25) is 0 Å². The first-order chi connectivity index (χ1) is 7.68. The largest absolute Gasteiger partial charge is 0.311 e. The van der Waals surface area contributed by atoms with E-state index in [4.69, 9.17) is 0 Å². The lowest BCUT2D eigenvalue weighted by atomic mass is 10.5. The zero-order valence-electron chi connectivity index (χ0n) is 9.13. The van der Waals surface area contributed by atoms with Gasteiger partial charge in [0.25, 0.3) is 0 Å². The van der Waals surface area contributed by atoms with Gasteiger partial charge in [-0.3, -0.25) is 9.65 Å². The molecule has 0 amide bonds. The van der Waals surface area contributed by atoms with Crippen LogP contribution < -0.4 is 5.09 Å². The molecule has 0 aliphatic carbocycles. The predicted molar refractivity (Wildman–Crippen MR) is 61.1 cm³/mol. The Kier molecular flexibility index (Phi) is 2.24. The van der Waals surface area contributed by atoms with Gasteiger partial charge < -0.3 is 0 Å². The highest BCUT2D eigenvalue weighted by Gasteiger charge is 2.48. The fraction of sp³-hybridized carbons (Fsp3) is 0.556. The van der Waals surface area contributed by atoms with E-state index in [9.17, 15) is 4.57 Å². The molecule has 0 unspecified atom stereocenters. The Morgan fingerprint density at radius 2 is 1.94 bits per heavy atom. The molecule has 0 aromatic carbocycles. The predicted octanol–water partition coefficient (Wildman–Crippen LogP) is 0.936. The van der Waals surface area contributed by atoms with Crippen LogP contribution in [-0.4, -0.2) is 45.5 Å². The number of hydrogen-bond acceptors (Lipinski definition) is 3. The summed E-state index contributed by atoms with van der Waals surface area (Å²) in [5, 5.41) is 3.01. The first-order valence-electron chi connectivity index (χ1n) is 5.37. The van der Waals surface area contributed by atoms with Crippen LogP contribution in [0.1, 0.15) is 5.69 Å². The highest BCUT2D eigenvalue weighted by molar-refractivity contribution is 7.61. The number of nitrogens with zero attached hydrogens (tertiary/aromatic N) is 4. The minimum absolute atomic E-state index is 0.460. The number of rotatable bonds is 4. The second-order valence-electron chi connectivity index (χ2n) is 4.08. The zero-order chi connectivity index (χ0) is 11.2. The Labute approximate surface area is 94.2 Å². The van der Waals surface area contributed by atoms with Gasteiger partial charge in [0.1, 0.15) is 0 Å². The molecule has 1 aromatic heterocycles. The highest BCUT2D eigenvalue weighted by Crippen LogP contribution is 2.58. The SMILES string of the molecule is Cc1ccnc(NP(=O)(N2CC2)N2CC2)n1. The maximum absolute atomic E-state index is 12.7. The number of aryl methyl sites for hydroxylation is 1. The van der Waals surface area contributed by atoms with Gasteiger partial charge in [0.05, 0.1) is 0 Å². The molecule has 86 valence electrons. The first-order valence-corrected chi connectivity index (χ1v) is 6.98. The van der Waals surface area contributed by atoms with Crippen LogP contribution >= 0.6 is 7.59 Å². The van der Waals surface area contributed by atoms with Crippen molar-refractivity contribution in [1.82, 2.24) is 19.3 Å². The molecule has 0 saturated carbocycles. The van der Waals surface area contributed by atoms with E-state index in [0.29, 0.717) is 5.95 Å². The topological polar surface area (TPSA) is 60.9 Å². The summed E-state index contributed by atoms with van der Waals surface area (Å²) in [5.41, 5.74) is 0.876. The Hall–Kier alpha value is -0.970. The molecule has 0 atom stereocenters. The Morgan fingerprint density at radius 3 is 2.44 bits per heavy atom. The van der Waals surface area contributed by atoms with Gasteiger partial charge >= 0.3 is 7.59 Å². The number of aromatic nitrogens is 2. The van der Waals surface area contributed by atoms with E-state index in [1.165, 1.54) is 0 Å². The van der Waals surface area contributed by atoms with Crippen LogP contribution in [0.4, 0.5) is 5.95 Å². The van der Waals surface area contributed by atoms with Crippen LogP contribution in [0.25, 0.3) is 0 Å². The molecule has 0 spiro atoms. The maximum Gasteiger partial charge on any atom is 0.311 e. The van der Waals surface area contributed by atoms with E-state index in [-0.39, 0.29) is 0 Å². The van der Waals surface area contributed by atoms with Crippen molar-refractivity contribution in [3.05, 3.63) is 18.0 Å². The van der Waals surface area contributed by atoms with Crippen LogP contribution in [-0.2, 0) is 4.57 Å². The van der Waals surface area contributed by atoms with Crippen molar-refractivity contribution >= 4 is 13.5 Å². The number of anilines is 1. The molecule has 1 aromatic rings. The summed E-state index contributed by atoms with van der Waals surface area (Å²) in [6, 6.07) is 1.82. The van der Waals surface area contributed by atoms with Crippen LogP contribution in [0, 0.1) is 6.92 Å². The zero-order valence-corrected chi connectivity index (χ0v) is 10.0. The summed E-state index contributed by atoms with van der Waals surface area (Å²) in [7, 11) is -2.59. The van der Waals surface area contributed by atoms with E-state index < -0.39 is 7.59 Å². The third-order valence-electron chi connectivity index (χ3n) is 2.65. The van der Waals surface area contributed by atoms with Gasteiger partial charge in [0, 0.05) is 38.1 Å². The smallest absolute Gasteiger partial charge is 0.281 e. The van der Waals surface area contributed by atoms with Gasteiger partial charge in [0.15, 0.2) is 0 Å². The van der Waals surface area contributed by atoms with Gasteiger partial charge in [-0.1, -0.05) is 0 Å².